The van der Waals surface area contributed by atoms with Gasteiger partial charge in [-0.1, -0.05) is 0 Å². The van der Waals surface area contributed by atoms with E-state index in [1.54, 1.807) is 4.90 Å². The third-order valence-electron chi connectivity index (χ3n) is 3.58. The maximum absolute atomic E-state index is 12.2. The van der Waals surface area contributed by atoms with Gasteiger partial charge < -0.3 is 15.1 Å². The molecule has 0 aromatic rings. The zero-order valence-electron chi connectivity index (χ0n) is 11.0. The Morgan fingerprint density at radius 2 is 2.17 bits per heavy atom. The molecule has 6 heteroatoms. The highest BCUT2D eigenvalue weighted by atomic mass is 35.5. The first-order valence-electron chi connectivity index (χ1n) is 6.38. The van der Waals surface area contributed by atoms with Gasteiger partial charge in [0.2, 0.25) is 11.8 Å². The predicted molar refractivity (Wildman–Crippen MR) is 71.7 cm³/mol. The Hall–Kier alpha value is -0.810. The van der Waals surface area contributed by atoms with E-state index < -0.39 is 0 Å². The summed E-state index contributed by atoms with van der Waals surface area (Å²) in [6.45, 7) is 6.69. The number of hydrogen-bond donors (Lipinski definition) is 1. The molecule has 2 aliphatic heterocycles. The van der Waals surface area contributed by atoms with Crippen molar-refractivity contribution in [1.29, 1.82) is 0 Å². The number of carbonyl (C=O) groups excluding carboxylic acids is 2. The lowest BCUT2D eigenvalue weighted by Crippen LogP contribution is -2.58. The summed E-state index contributed by atoms with van der Waals surface area (Å²) in [7, 11) is 0. The fourth-order valence-corrected chi connectivity index (χ4v) is 2.49. The van der Waals surface area contributed by atoms with Crippen LogP contribution in [0.4, 0.5) is 0 Å². The van der Waals surface area contributed by atoms with Gasteiger partial charge in [0, 0.05) is 38.1 Å². The van der Waals surface area contributed by atoms with Gasteiger partial charge in [-0.2, -0.15) is 0 Å². The molecular weight excluding hydrogens is 254 g/mol. The van der Waals surface area contributed by atoms with Crippen LogP contribution in [0.15, 0.2) is 0 Å². The van der Waals surface area contributed by atoms with Crippen molar-refractivity contribution in [2.24, 2.45) is 0 Å². The largest absolute Gasteiger partial charge is 0.336 e. The third-order valence-corrected chi connectivity index (χ3v) is 3.58. The molecule has 2 heterocycles. The number of nitrogens with one attached hydrogen (secondary N) is 1. The van der Waals surface area contributed by atoms with Crippen LogP contribution in [0.1, 0.15) is 26.7 Å². The average Bonchev–Trinajstić information content (AvgIpc) is 2.68. The smallest absolute Gasteiger partial charge is 0.242 e. The summed E-state index contributed by atoms with van der Waals surface area (Å²) in [5.74, 6) is 0.204. The SMILES string of the molecule is CC1CN(C(=O)CN2CCCC2=O)C(C)CN1.Cl. The molecule has 18 heavy (non-hydrogen) atoms. The number of hydrogen-bond acceptors (Lipinski definition) is 3. The Morgan fingerprint density at radius 1 is 1.44 bits per heavy atom. The van der Waals surface area contributed by atoms with Crippen LogP contribution in [-0.4, -0.2) is 59.9 Å². The summed E-state index contributed by atoms with van der Waals surface area (Å²) in [5, 5.41) is 3.34. The zero-order chi connectivity index (χ0) is 12.4. The number of piperazine rings is 1. The number of amides is 2. The van der Waals surface area contributed by atoms with E-state index in [0.717, 1.165) is 26.1 Å². The maximum atomic E-state index is 12.2. The van der Waals surface area contributed by atoms with Crippen molar-refractivity contribution in [3.8, 4) is 0 Å². The van der Waals surface area contributed by atoms with E-state index in [1.807, 2.05) is 11.8 Å². The van der Waals surface area contributed by atoms with Crippen molar-refractivity contribution < 1.29 is 9.59 Å². The topological polar surface area (TPSA) is 52.7 Å². The van der Waals surface area contributed by atoms with Gasteiger partial charge in [-0.05, 0) is 20.3 Å². The van der Waals surface area contributed by atoms with E-state index in [4.69, 9.17) is 0 Å². The van der Waals surface area contributed by atoms with E-state index in [0.29, 0.717) is 12.5 Å². The normalized spacial score (nSPS) is 28.2. The second kappa shape index (κ2) is 6.38. The first kappa shape index (κ1) is 15.2. The van der Waals surface area contributed by atoms with Gasteiger partial charge in [-0.3, -0.25) is 9.59 Å². The molecule has 0 spiro atoms. The van der Waals surface area contributed by atoms with E-state index in [-0.39, 0.29) is 36.8 Å². The quantitative estimate of drug-likeness (QED) is 0.786. The van der Waals surface area contributed by atoms with Crippen LogP contribution in [0.25, 0.3) is 0 Å². The minimum Gasteiger partial charge on any atom is -0.336 e. The molecule has 0 bridgehead atoms. The molecule has 2 fully saturated rings. The summed E-state index contributed by atoms with van der Waals surface area (Å²) >= 11 is 0. The van der Waals surface area contributed by atoms with Gasteiger partial charge in [0.1, 0.15) is 0 Å². The van der Waals surface area contributed by atoms with Crippen LogP contribution >= 0.6 is 12.4 Å². The average molecular weight is 276 g/mol. The lowest BCUT2D eigenvalue weighted by molar-refractivity contribution is -0.140. The van der Waals surface area contributed by atoms with Gasteiger partial charge in [0.05, 0.1) is 6.54 Å². The fourth-order valence-electron chi connectivity index (χ4n) is 2.49. The first-order chi connectivity index (χ1) is 8.08. The Bertz CT molecular complexity index is 324. The molecule has 5 nitrogen and oxygen atoms in total. The third kappa shape index (κ3) is 3.36. The van der Waals surface area contributed by atoms with E-state index >= 15 is 0 Å². The minimum atomic E-state index is 0. The Labute approximate surface area is 114 Å². The number of halogens is 1. The Morgan fingerprint density at radius 3 is 2.78 bits per heavy atom. The summed E-state index contributed by atoms with van der Waals surface area (Å²) < 4.78 is 0. The second-order valence-electron chi connectivity index (χ2n) is 5.12. The highest BCUT2D eigenvalue weighted by Crippen LogP contribution is 2.12. The van der Waals surface area contributed by atoms with Crippen LogP contribution in [0.2, 0.25) is 0 Å². The molecule has 104 valence electrons. The van der Waals surface area contributed by atoms with Crippen molar-refractivity contribution in [2.75, 3.05) is 26.2 Å². The van der Waals surface area contributed by atoms with E-state index in [9.17, 15) is 9.59 Å². The second-order valence-corrected chi connectivity index (χ2v) is 5.12. The molecule has 2 amide bonds. The van der Waals surface area contributed by atoms with Gasteiger partial charge in [0.15, 0.2) is 0 Å². The van der Waals surface area contributed by atoms with Gasteiger partial charge >= 0.3 is 0 Å². The highest BCUT2D eigenvalue weighted by Gasteiger charge is 2.29. The van der Waals surface area contributed by atoms with Crippen LogP contribution < -0.4 is 5.32 Å². The minimum absolute atomic E-state index is 0. The summed E-state index contributed by atoms with van der Waals surface area (Å²) in [6, 6.07) is 0.556. The van der Waals surface area contributed by atoms with Crippen molar-refractivity contribution in [2.45, 2.75) is 38.8 Å². The number of nitrogens with zero attached hydrogens (tertiary/aromatic N) is 2. The number of carbonyl (C=O) groups is 2. The molecule has 2 saturated heterocycles. The Balaban J connectivity index is 0.00000162. The molecule has 0 aliphatic carbocycles. The van der Waals surface area contributed by atoms with Crippen LogP contribution in [0, 0.1) is 0 Å². The molecule has 2 aliphatic rings. The molecule has 0 aromatic carbocycles. The number of likely N-dealkylation sites (tertiary alicyclic amines) is 1. The predicted octanol–water partition coefficient (Wildman–Crippen LogP) is 0.239. The van der Waals surface area contributed by atoms with Crippen molar-refractivity contribution in [3.63, 3.8) is 0 Å². The standard InChI is InChI=1S/C12H21N3O2.ClH/c1-9-7-15(10(2)6-13-9)12(17)8-14-5-3-4-11(14)16;/h9-10,13H,3-8H2,1-2H3;1H. The molecule has 1 N–H and O–H groups in total. The molecule has 0 saturated carbocycles. The fraction of sp³-hybridized carbons (Fsp3) is 0.833. The van der Waals surface area contributed by atoms with Crippen molar-refractivity contribution in [1.82, 2.24) is 15.1 Å². The molecule has 0 aromatic heterocycles. The molecule has 0 radical (unpaired) electrons. The van der Waals surface area contributed by atoms with Crippen molar-refractivity contribution >= 4 is 24.2 Å². The lowest BCUT2D eigenvalue weighted by Gasteiger charge is -2.38. The number of rotatable bonds is 2. The summed E-state index contributed by atoms with van der Waals surface area (Å²) in [4.78, 5) is 27.2. The summed E-state index contributed by atoms with van der Waals surface area (Å²) in [5.41, 5.74) is 0. The molecule has 2 unspecified atom stereocenters. The molecule has 2 atom stereocenters. The van der Waals surface area contributed by atoms with Gasteiger partial charge in [-0.25, -0.2) is 0 Å². The van der Waals surface area contributed by atoms with Crippen LogP contribution in [-0.2, 0) is 9.59 Å². The maximum Gasteiger partial charge on any atom is 0.242 e. The van der Waals surface area contributed by atoms with Gasteiger partial charge in [-0.15, -0.1) is 12.4 Å². The molecular formula is C12H22ClN3O2. The molecule has 2 rings (SSSR count). The zero-order valence-corrected chi connectivity index (χ0v) is 11.8. The Kier molecular flexibility index (Phi) is 5.41. The van der Waals surface area contributed by atoms with Crippen molar-refractivity contribution in [3.05, 3.63) is 0 Å². The van der Waals surface area contributed by atoms with Gasteiger partial charge in [0.25, 0.3) is 0 Å². The van der Waals surface area contributed by atoms with E-state index in [2.05, 4.69) is 12.2 Å². The van der Waals surface area contributed by atoms with Crippen LogP contribution in [0.3, 0.4) is 0 Å². The van der Waals surface area contributed by atoms with Crippen LogP contribution in [0.5, 0.6) is 0 Å². The monoisotopic (exact) mass is 275 g/mol. The highest BCUT2D eigenvalue weighted by molar-refractivity contribution is 5.86. The summed E-state index contributed by atoms with van der Waals surface area (Å²) in [6.07, 6.45) is 1.49. The first-order valence-corrected chi connectivity index (χ1v) is 6.38. The lowest BCUT2D eigenvalue weighted by atomic mass is 10.1. The van der Waals surface area contributed by atoms with E-state index in [1.165, 1.54) is 0 Å².